The molecule has 1 N–H and O–H groups in total. The van der Waals surface area contributed by atoms with Gasteiger partial charge in [0.2, 0.25) is 0 Å². The lowest BCUT2D eigenvalue weighted by atomic mass is 10.2. The van der Waals surface area contributed by atoms with Gasteiger partial charge in [0.1, 0.15) is 11.1 Å². The van der Waals surface area contributed by atoms with Gasteiger partial charge in [-0.15, -0.1) is 11.3 Å². The molecule has 1 amide bonds. The van der Waals surface area contributed by atoms with Crippen LogP contribution in [0.25, 0.3) is 0 Å². The van der Waals surface area contributed by atoms with E-state index in [9.17, 15) is 4.79 Å². The van der Waals surface area contributed by atoms with Crippen LogP contribution < -0.4 is 5.32 Å². The molecule has 1 aromatic heterocycles. The van der Waals surface area contributed by atoms with Crippen molar-refractivity contribution in [3.8, 4) is 6.07 Å². The van der Waals surface area contributed by atoms with E-state index in [-0.39, 0.29) is 5.91 Å². The summed E-state index contributed by atoms with van der Waals surface area (Å²) in [5.41, 5.74) is 1.03. The number of halogens is 1. The number of nitrogens with one attached hydrogen (secondary N) is 1. The van der Waals surface area contributed by atoms with Gasteiger partial charge in [-0.2, -0.15) is 5.26 Å². The number of carbonyl (C=O) groups is 1. The predicted molar refractivity (Wildman–Crippen MR) is 71.1 cm³/mol. The molecule has 17 heavy (non-hydrogen) atoms. The smallest absolute Gasteiger partial charge is 0.257 e. The second-order valence-corrected chi connectivity index (χ2v) is 4.98. The summed E-state index contributed by atoms with van der Waals surface area (Å²) in [6.07, 6.45) is 0. The number of rotatable bonds is 2. The lowest BCUT2D eigenvalue weighted by Gasteiger charge is -2.04. The summed E-state index contributed by atoms with van der Waals surface area (Å²) in [5.74, 6) is -0.226. The van der Waals surface area contributed by atoms with Crippen LogP contribution >= 0.6 is 27.3 Å². The number of hydrogen-bond donors (Lipinski definition) is 1. The molecule has 2 aromatic rings. The SMILES string of the molecule is N#Cc1ccsc1NC(=O)c1ccccc1Br. The van der Waals surface area contributed by atoms with Crippen LogP contribution in [0.4, 0.5) is 5.00 Å². The van der Waals surface area contributed by atoms with Gasteiger partial charge in [-0.1, -0.05) is 12.1 Å². The molecule has 3 nitrogen and oxygen atoms in total. The number of amides is 1. The van der Waals surface area contributed by atoms with Crippen molar-refractivity contribution in [1.29, 1.82) is 5.26 Å². The number of hydrogen-bond acceptors (Lipinski definition) is 3. The number of nitriles is 1. The normalized spacial score (nSPS) is 9.65. The highest BCUT2D eigenvalue weighted by atomic mass is 79.9. The Morgan fingerprint density at radius 3 is 2.82 bits per heavy atom. The maximum Gasteiger partial charge on any atom is 0.257 e. The zero-order valence-electron chi connectivity index (χ0n) is 8.61. The van der Waals surface area contributed by atoms with E-state index in [0.29, 0.717) is 16.1 Å². The van der Waals surface area contributed by atoms with Crippen LogP contribution in [0, 0.1) is 11.3 Å². The van der Waals surface area contributed by atoms with Crippen molar-refractivity contribution in [2.75, 3.05) is 5.32 Å². The molecule has 0 atom stereocenters. The molecular weight excluding hydrogens is 300 g/mol. The third-order valence-corrected chi connectivity index (χ3v) is 3.65. The van der Waals surface area contributed by atoms with Gasteiger partial charge in [0.05, 0.1) is 11.1 Å². The monoisotopic (exact) mass is 306 g/mol. The van der Waals surface area contributed by atoms with Gasteiger partial charge in [-0.3, -0.25) is 4.79 Å². The highest BCUT2D eigenvalue weighted by Gasteiger charge is 2.12. The van der Waals surface area contributed by atoms with E-state index >= 15 is 0 Å². The van der Waals surface area contributed by atoms with Gasteiger partial charge in [0.25, 0.3) is 5.91 Å². The van der Waals surface area contributed by atoms with Crippen LogP contribution in [0.2, 0.25) is 0 Å². The second-order valence-electron chi connectivity index (χ2n) is 3.21. The lowest BCUT2D eigenvalue weighted by molar-refractivity contribution is 0.102. The summed E-state index contributed by atoms with van der Waals surface area (Å²) in [6.45, 7) is 0. The van der Waals surface area contributed by atoms with Crippen LogP contribution in [-0.4, -0.2) is 5.91 Å². The summed E-state index contributed by atoms with van der Waals surface area (Å²) in [7, 11) is 0. The summed E-state index contributed by atoms with van der Waals surface area (Å²) < 4.78 is 0.729. The molecule has 0 radical (unpaired) electrons. The van der Waals surface area contributed by atoms with Crippen LogP contribution in [0.15, 0.2) is 40.2 Å². The molecule has 0 aliphatic carbocycles. The maximum absolute atomic E-state index is 12.0. The number of anilines is 1. The first-order valence-corrected chi connectivity index (χ1v) is 6.43. The highest BCUT2D eigenvalue weighted by molar-refractivity contribution is 9.10. The van der Waals surface area contributed by atoms with Gasteiger partial charge < -0.3 is 5.32 Å². The second kappa shape index (κ2) is 5.13. The third-order valence-electron chi connectivity index (χ3n) is 2.13. The van der Waals surface area contributed by atoms with Crippen LogP contribution in [0.3, 0.4) is 0 Å². The maximum atomic E-state index is 12.0. The van der Waals surface area contributed by atoms with Crippen LogP contribution in [0.5, 0.6) is 0 Å². The van der Waals surface area contributed by atoms with Crippen molar-refractivity contribution in [3.05, 3.63) is 51.3 Å². The molecule has 0 aliphatic heterocycles. The lowest BCUT2D eigenvalue weighted by Crippen LogP contribution is -2.12. The molecule has 84 valence electrons. The average molecular weight is 307 g/mol. The molecule has 0 aliphatic rings. The van der Waals surface area contributed by atoms with Crippen molar-refractivity contribution in [2.45, 2.75) is 0 Å². The van der Waals surface area contributed by atoms with E-state index in [0.717, 1.165) is 4.47 Å². The molecule has 1 aromatic carbocycles. The van der Waals surface area contributed by atoms with E-state index in [1.165, 1.54) is 11.3 Å². The third kappa shape index (κ3) is 2.54. The van der Waals surface area contributed by atoms with Gasteiger partial charge in [0.15, 0.2) is 0 Å². The van der Waals surface area contributed by atoms with Gasteiger partial charge in [-0.05, 0) is 39.5 Å². The van der Waals surface area contributed by atoms with Crippen molar-refractivity contribution >= 4 is 38.2 Å². The van der Waals surface area contributed by atoms with Gasteiger partial charge >= 0.3 is 0 Å². The first kappa shape index (κ1) is 11.8. The van der Waals surface area contributed by atoms with E-state index in [1.54, 1.807) is 29.6 Å². The molecule has 0 saturated carbocycles. The first-order valence-electron chi connectivity index (χ1n) is 4.76. The fraction of sp³-hybridized carbons (Fsp3) is 0. The van der Waals surface area contributed by atoms with Crippen LogP contribution in [0.1, 0.15) is 15.9 Å². The van der Waals surface area contributed by atoms with E-state index < -0.39 is 0 Å². The highest BCUT2D eigenvalue weighted by Crippen LogP contribution is 2.24. The molecular formula is C12H7BrN2OS. The Bertz CT molecular complexity index is 601. The van der Waals surface area contributed by atoms with E-state index in [4.69, 9.17) is 5.26 Å². The Kier molecular flexibility index (Phi) is 3.57. The molecule has 2 rings (SSSR count). The topological polar surface area (TPSA) is 52.9 Å². The summed E-state index contributed by atoms with van der Waals surface area (Å²) in [5, 5.41) is 13.9. The van der Waals surface area contributed by atoms with Crippen molar-refractivity contribution in [3.63, 3.8) is 0 Å². The Morgan fingerprint density at radius 2 is 2.12 bits per heavy atom. The molecule has 0 fully saturated rings. The molecule has 0 spiro atoms. The van der Waals surface area contributed by atoms with Crippen molar-refractivity contribution in [2.24, 2.45) is 0 Å². The molecule has 0 bridgehead atoms. The molecule has 1 heterocycles. The quantitative estimate of drug-likeness (QED) is 0.921. The summed E-state index contributed by atoms with van der Waals surface area (Å²) >= 11 is 4.65. The minimum atomic E-state index is -0.226. The van der Waals surface area contributed by atoms with Crippen molar-refractivity contribution in [1.82, 2.24) is 0 Å². The summed E-state index contributed by atoms with van der Waals surface area (Å²) in [6, 6.07) is 10.9. The molecule has 5 heteroatoms. The Labute approximate surface area is 111 Å². The number of benzene rings is 1. The average Bonchev–Trinajstić information content (AvgIpc) is 2.76. The zero-order chi connectivity index (χ0) is 12.3. The number of nitrogens with zero attached hydrogens (tertiary/aromatic N) is 1. The van der Waals surface area contributed by atoms with Gasteiger partial charge in [-0.25, -0.2) is 0 Å². The van der Waals surface area contributed by atoms with Gasteiger partial charge in [0, 0.05) is 4.47 Å². The fourth-order valence-corrected chi connectivity index (χ4v) is 2.51. The molecule has 0 unspecified atom stereocenters. The zero-order valence-corrected chi connectivity index (χ0v) is 11.0. The predicted octanol–water partition coefficient (Wildman–Crippen LogP) is 3.63. The number of thiophene rings is 1. The molecule has 0 saturated heterocycles. The minimum Gasteiger partial charge on any atom is -0.312 e. The summed E-state index contributed by atoms with van der Waals surface area (Å²) in [4.78, 5) is 12.0. The van der Waals surface area contributed by atoms with E-state index in [1.807, 2.05) is 12.1 Å². The largest absolute Gasteiger partial charge is 0.312 e. The Morgan fingerprint density at radius 1 is 1.35 bits per heavy atom. The van der Waals surface area contributed by atoms with Crippen molar-refractivity contribution < 1.29 is 4.79 Å². The Balaban J connectivity index is 2.24. The van der Waals surface area contributed by atoms with E-state index in [2.05, 4.69) is 21.2 Å². The fourth-order valence-electron chi connectivity index (χ4n) is 1.31. The Hall–Kier alpha value is -1.64. The number of carbonyl (C=O) groups excluding carboxylic acids is 1. The first-order chi connectivity index (χ1) is 8.22. The van der Waals surface area contributed by atoms with Crippen LogP contribution in [-0.2, 0) is 0 Å². The minimum absolute atomic E-state index is 0.226. The standard InChI is InChI=1S/C12H7BrN2OS/c13-10-4-2-1-3-9(10)11(16)15-12-8(7-14)5-6-17-12/h1-6H,(H,15,16).